The van der Waals surface area contributed by atoms with Crippen LogP contribution in [0.2, 0.25) is 4.34 Å². The third-order valence-electron chi connectivity index (χ3n) is 2.49. The molecule has 0 aliphatic heterocycles. The first-order valence-electron chi connectivity index (χ1n) is 5.90. The molecule has 10 heteroatoms. The van der Waals surface area contributed by atoms with Crippen molar-refractivity contribution in [3.8, 4) is 0 Å². The maximum absolute atomic E-state index is 11.8. The van der Waals surface area contributed by atoms with Crippen LogP contribution in [-0.4, -0.2) is 38.0 Å². The Hall–Kier alpha value is -1.16. The first kappa shape index (κ1) is 17.9. The number of hydrogen-bond acceptors (Lipinski definition) is 5. The molecule has 7 nitrogen and oxygen atoms in total. The second-order valence-corrected chi connectivity index (χ2v) is 8.22. The van der Waals surface area contributed by atoms with Crippen LogP contribution in [0, 0.1) is 5.92 Å². The lowest BCUT2D eigenvalue weighted by atomic mass is 10.1. The summed E-state index contributed by atoms with van der Waals surface area (Å²) in [5, 5.41) is 11.2. The number of carbonyl (C=O) groups is 2. The van der Waals surface area contributed by atoms with Crippen molar-refractivity contribution in [3.05, 3.63) is 16.5 Å². The maximum atomic E-state index is 11.8. The van der Waals surface area contributed by atoms with Gasteiger partial charge in [-0.05, 0) is 18.1 Å². The van der Waals surface area contributed by atoms with Crippen molar-refractivity contribution < 1.29 is 23.1 Å². The molecule has 0 radical (unpaired) electrons. The molecule has 21 heavy (non-hydrogen) atoms. The molecule has 0 aliphatic rings. The number of carbonyl (C=O) groups excluding carboxylic acids is 1. The van der Waals surface area contributed by atoms with Gasteiger partial charge in [-0.15, -0.1) is 11.3 Å². The van der Waals surface area contributed by atoms with E-state index >= 15 is 0 Å². The highest BCUT2D eigenvalue weighted by Gasteiger charge is 2.24. The van der Waals surface area contributed by atoms with Gasteiger partial charge in [-0.3, -0.25) is 4.79 Å². The molecule has 0 aliphatic carbocycles. The van der Waals surface area contributed by atoms with Crippen molar-refractivity contribution in [2.45, 2.75) is 24.1 Å². The smallest absolute Gasteiger partial charge is 0.326 e. The number of amides is 1. The van der Waals surface area contributed by atoms with Gasteiger partial charge in [0.15, 0.2) is 0 Å². The average molecular weight is 355 g/mol. The van der Waals surface area contributed by atoms with Crippen LogP contribution in [0.4, 0.5) is 0 Å². The van der Waals surface area contributed by atoms with Gasteiger partial charge in [0.1, 0.15) is 10.3 Å². The Labute approximate surface area is 131 Å². The zero-order chi connectivity index (χ0) is 16.2. The molecule has 1 amide bonds. The normalized spacial score (nSPS) is 13.1. The van der Waals surface area contributed by atoms with Gasteiger partial charge in [0, 0.05) is 0 Å². The summed E-state index contributed by atoms with van der Waals surface area (Å²) < 4.78 is 26.1. The maximum Gasteiger partial charge on any atom is 0.326 e. The van der Waals surface area contributed by atoms with E-state index in [1.165, 1.54) is 12.1 Å². The van der Waals surface area contributed by atoms with E-state index in [0.717, 1.165) is 11.3 Å². The summed E-state index contributed by atoms with van der Waals surface area (Å²) in [6.07, 6.45) is 0. The average Bonchev–Trinajstić information content (AvgIpc) is 2.80. The number of sulfonamides is 1. The molecule has 1 rings (SSSR count). The predicted molar refractivity (Wildman–Crippen MR) is 78.9 cm³/mol. The minimum Gasteiger partial charge on any atom is -0.480 e. The van der Waals surface area contributed by atoms with Crippen LogP contribution in [-0.2, 0) is 19.6 Å². The predicted octanol–water partition coefficient (Wildman–Crippen LogP) is 0.905. The molecule has 0 unspecified atom stereocenters. The standard InChI is InChI=1S/C11H15ClN2O5S2/c1-6(2)10(11(16)17)14-8(15)5-13-21(18,19)9-4-3-7(12)20-9/h3-4,6,10,13H,5H2,1-2H3,(H,14,15)(H,16,17)/t10-/m1/s1. The highest BCUT2D eigenvalue weighted by Crippen LogP contribution is 2.25. The Balaban J connectivity index is 2.62. The van der Waals surface area contributed by atoms with Crippen LogP contribution in [0.15, 0.2) is 16.3 Å². The molecule has 0 bridgehead atoms. The monoisotopic (exact) mass is 354 g/mol. The number of nitrogens with one attached hydrogen (secondary N) is 2. The summed E-state index contributed by atoms with van der Waals surface area (Å²) in [6, 6.07) is 1.68. The van der Waals surface area contributed by atoms with Gasteiger partial charge in [-0.2, -0.15) is 0 Å². The van der Waals surface area contributed by atoms with E-state index in [2.05, 4.69) is 10.0 Å². The van der Waals surface area contributed by atoms with Crippen molar-refractivity contribution in [3.63, 3.8) is 0 Å². The molecular weight excluding hydrogens is 340 g/mol. The zero-order valence-electron chi connectivity index (χ0n) is 11.3. The summed E-state index contributed by atoms with van der Waals surface area (Å²) in [5.74, 6) is -2.22. The van der Waals surface area contributed by atoms with Crippen LogP contribution in [0.5, 0.6) is 0 Å². The molecule has 1 heterocycles. The van der Waals surface area contributed by atoms with Crippen LogP contribution in [0.1, 0.15) is 13.8 Å². The largest absolute Gasteiger partial charge is 0.480 e. The van der Waals surface area contributed by atoms with E-state index in [1.54, 1.807) is 13.8 Å². The third kappa shape index (κ3) is 5.27. The molecular formula is C11H15ClN2O5S2. The van der Waals surface area contributed by atoms with Gasteiger partial charge in [0.05, 0.1) is 10.9 Å². The van der Waals surface area contributed by atoms with E-state index in [4.69, 9.17) is 16.7 Å². The Kier molecular flexibility index (Phi) is 6.14. The minimum atomic E-state index is -3.83. The summed E-state index contributed by atoms with van der Waals surface area (Å²) in [5.41, 5.74) is 0. The van der Waals surface area contributed by atoms with Crippen LogP contribution < -0.4 is 10.0 Å². The van der Waals surface area contributed by atoms with Crippen LogP contribution >= 0.6 is 22.9 Å². The Morgan fingerprint density at radius 1 is 1.38 bits per heavy atom. The van der Waals surface area contributed by atoms with Crippen molar-refractivity contribution in [2.24, 2.45) is 5.92 Å². The SMILES string of the molecule is CC(C)[C@@H](NC(=O)CNS(=O)(=O)c1ccc(Cl)s1)C(=O)O. The fourth-order valence-electron chi connectivity index (χ4n) is 1.41. The summed E-state index contributed by atoms with van der Waals surface area (Å²) in [4.78, 5) is 22.6. The van der Waals surface area contributed by atoms with Crippen LogP contribution in [0.3, 0.4) is 0 Å². The van der Waals surface area contributed by atoms with E-state index < -0.39 is 34.5 Å². The number of aliphatic carboxylic acids is 1. The van der Waals surface area contributed by atoms with Gasteiger partial charge in [0.25, 0.3) is 10.0 Å². The zero-order valence-corrected chi connectivity index (χ0v) is 13.7. The fourth-order valence-corrected chi connectivity index (χ4v) is 3.92. The highest BCUT2D eigenvalue weighted by molar-refractivity contribution is 7.91. The molecule has 1 atom stereocenters. The van der Waals surface area contributed by atoms with Gasteiger partial charge < -0.3 is 10.4 Å². The molecule has 0 aromatic carbocycles. The summed E-state index contributed by atoms with van der Waals surface area (Å²) in [6.45, 7) is 2.72. The second kappa shape index (κ2) is 7.21. The van der Waals surface area contributed by atoms with E-state index in [9.17, 15) is 18.0 Å². The first-order chi connectivity index (χ1) is 9.63. The Bertz CT molecular complexity index is 626. The molecule has 1 aromatic heterocycles. The lowest BCUT2D eigenvalue weighted by molar-refractivity contribution is -0.142. The second-order valence-electron chi connectivity index (χ2n) is 4.51. The van der Waals surface area contributed by atoms with Crippen molar-refractivity contribution in [1.82, 2.24) is 10.0 Å². The Morgan fingerprint density at radius 2 is 2.00 bits per heavy atom. The van der Waals surface area contributed by atoms with E-state index in [1.807, 2.05) is 0 Å². The van der Waals surface area contributed by atoms with E-state index in [0.29, 0.717) is 4.34 Å². The molecule has 0 fully saturated rings. The topological polar surface area (TPSA) is 113 Å². The number of rotatable bonds is 7. The Morgan fingerprint density at radius 3 is 2.43 bits per heavy atom. The van der Waals surface area contributed by atoms with Gasteiger partial charge >= 0.3 is 5.97 Å². The minimum absolute atomic E-state index is 0.0149. The summed E-state index contributed by atoms with van der Waals surface area (Å²) >= 11 is 6.51. The number of hydrogen-bond donors (Lipinski definition) is 3. The van der Waals surface area contributed by atoms with Gasteiger partial charge in [0.2, 0.25) is 5.91 Å². The number of carboxylic acids is 1. The van der Waals surface area contributed by atoms with E-state index in [-0.39, 0.29) is 10.1 Å². The summed E-state index contributed by atoms with van der Waals surface area (Å²) in [7, 11) is -3.83. The molecule has 0 spiro atoms. The lowest BCUT2D eigenvalue weighted by Gasteiger charge is -2.17. The number of halogens is 1. The number of thiophene rings is 1. The molecule has 0 saturated heterocycles. The molecule has 118 valence electrons. The quantitative estimate of drug-likeness (QED) is 0.673. The number of carboxylic acid groups (broad SMARTS) is 1. The van der Waals surface area contributed by atoms with Gasteiger partial charge in [-0.25, -0.2) is 17.9 Å². The van der Waals surface area contributed by atoms with Crippen molar-refractivity contribution in [1.29, 1.82) is 0 Å². The van der Waals surface area contributed by atoms with Gasteiger partial charge in [-0.1, -0.05) is 25.4 Å². The fraction of sp³-hybridized carbons (Fsp3) is 0.455. The highest BCUT2D eigenvalue weighted by atomic mass is 35.5. The molecule has 0 saturated carbocycles. The lowest BCUT2D eigenvalue weighted by Crippen LogP contribution is -2.47. The van der Waals surface area contributed by atoms with Crippen molar-refractivity contribution >= 4 is 44.8 Å². The molecule has 1 aromatic rings. The first-order valence-corrected chi connectivity index (χ1v) is 8.58. The molecule has 3 N–H and O–H groups in total. The van der Waals surface area contributed by atoms with Crippen molar-refractivity contribution in [2.75, 3.05) is 6.54 Å². The third-order valence-corrected chi connectivity index (χ3v) is 5.61. The van der Waals surface area contributed by atoms with Crippen LogP contribution in [0.25, 0.3) is 0 Å².